The molecule has 1 aromatic heterocycles. The third-order valence-corrected chi connectivity index (χ3v) is 7.45. The van der Waals surface area contributed by atoms with E-state index in [0.29, 0.717) is 23.4 Å². The fraction of sp³-hybridized carbons (Fsp3) is 0.240. The molecule has 0 saturated carbocycles. The number of nitrogens with zero attached hydrogens (tertiary/aromatic N) is 3. The summed E-state index contributed by atoms with van der Waals surface area (Å²) in [5.74, 6) is 0.0347. The predicted octanol–water partition coefficient (Wildman–Crippen LogP) is 3.07. The Balaban J connectivity index is 1.74. The van der Waals surface area contributed by atoms with Gasteiger partial charge in [-0.15, -0.1) is 0 Å². The highest BCUT2D eigenvalue weighted by molar-refractivity contribution is 7.91. The molecule has 0 spiro atoms. The Kier molecular flexibility index (Phi) is 6.52. The first kappa shape index (κ1) is 23.3. The molecule has 0 aliphatic carbocycles. The van der Waals surface area contributed by atoms with Crippen LogP contribution >= 0.6 is 0 Å². The number of benzene rings is 2. The average molecular weight is 477 g/mol. The number of nitriles is 1. The van der Waals surface area contributed by atoms with E-state index in [9.17, 15) is 18.5 Å². The van der Waals surface area contributed by atoms with Crippen LogP contribution in [0.1, 0.15) is 17.5 Å². The Bertz CT molecular complexity index is 1400. The minimum absolute atomic E-state index is 0.0360. The van der Waals surface area contributed by atoms with Crippen LogP contribution in [0.15, 0.2) is 60.3 Å². The van der Waals surface area contributed by atoms with Crippen LogP contribution in [0, 0.1) is 18.3 Å². The first-order chi connectivity index (χ1) is 16.3. The van der Waals surface area contributed by atoms with E-state index in [2.05, 4.69) is 5.32 Å². The highest BCUT2D eigenvalue weighted by Crippen LogP contribution is 2.30. The number of methoxy groups -OCH3 is 1. The molecule has 1 aliphatic heterocycles. The third kappa shape index (κ3) is 5.02. The smallest absolute Gasteiger partial charge is 0.262 e. The van der Waals surface area contributed by atoms with Crippen molar-refractivity contribution in [3.63, 3.8) is 0 Å². The van der Waals surface area contributed by atoms with E-state index in [-0.39, 0.29) is 17.1 Å². The number of aromatic nitrogens is 2. The van der Waals surface area contributed by atoms with Gasteiger partial charge in [0.15, 0.2) is 9.84 Å². The molecule has 0 radical (unpaired) electrons. The molecule has 8 nitrogen and oxygen atoms in total. The van der Waals surface area contributed by atoms with E-state index in [1.54, 1.807) is 18.0 Å². The Hall–Kier alpha value is -3.90. The van der Waals surface area contributed by atoms with E-state index < -0.39 is 21.8 Å². The number of hydrogen-bond acceptors (Lipinski definition) is 6. The monoisotopic (exact) mass is 476 g/mol. The summed E-state index contributed by atoms with van der Waals surface area (Å²) in [5.41, 5.74) is 3.65. The lowest BCUT2D eigenvalue weighted by Crippen LogP contribution is -2.36. The zero-order valence-corrected chi connectivity index (χ0v) is 19.7. The second-order valence-electron chi connectivity index (χ2n) is 8.14. The van der Waals surface area contributed by atoms with Gasteiger partial charge in [0, 0.05) is 23.4 Å². The largest absolute Gasteiger partial charge is 0.497 e. The number of amides is 1. The standard InChI is InChI=1S/C25H24N4O4S/c1-17-12-22(33-2)8-9-23(17)24-19(15-29(28-24)21-6-4-3-5-7-21)13-18(14-26)25(30)27-20-10-11-34(31,32)16-20/h3-9,12-13,15,20H,10-11,16H2,1-2H3,(H,27,30)/b18-13+/t20-/m1/s1. The highest BCUT2D eigenvalue weighted by Gasteiger charge is 2.29. The van der Waals surface area contributed by atoms with Crippen LogP contribution in [-0.2, 0) is 14.6 Å². The molecule has 0 bridgehead atoms. The quantitative estimate of drug-likeness (QED) is 0.432. The summed E-state index contributed by atoms with van der Waals surface area (Å²) in [6.07, 6.45) is 3.60. The van der Waals surface area contributed by atoms with Crippen LogP contribution in [0.25, 0.3) is 23.0 Å². The second kappa shape index (κ2) is 9.53. The van der Waals surface area contributed by atoms with Gasteiger partial charge in [-0.2, -0.15) is 10.4 Å². The number of rotatable bonds is 6. The van der Waals surface area contributed by atoms with E-state index in [1.807, 2.05) is 61.5 Å². The Morgan fingerprint density at radius 2 is 2.03 bits per heavy atom. The molecular weight excluding hydrogens is 452 g/mol. The van der Waals surface area contributed by atoms with Crippen LogP contribution in [0.4, 0.5) is 0 Å². The number of nitrogens with one attached hydrogen (secondary N) is 1. The van der Waals surface area contributed by atoms with Gasteiger partial charge in [0.25, 0.3) is 5.91 Å². The van der Waals surface area contributed by atoms with E-state index in [4.69, 9.17) is 9.84 Å². The van der Waals surface area contributed by atoms with Crippen molar-refractivity contribution in [2.24, 2.45) is 0 Å². The molecule has 1 amide bonds. The van der Waals surface area contributed by atoms with Gasteiger partial charge in [-0.3, -0.25) is 4.79 Å². The Morgan fingerprint density at radius 1 is 1.26 bits per heavy atom. The number of aryl methyl sites for hydroxylation is 1. The maximum atomic E-state index is 12.8. The number of carbonyl (C=O) groups excluding carboxylic acids is 1. The molecule has 34 heavy (non-hydrogen) atoms. The molecule has 9 heteroatoms. The van der Waals surface area contributed by atoms with Crippen molar-refractivity contribution in [3.8, 4) is 28.8 Å². The summed E-state index contributed by atoms with van der Waals surface area (Å²) >= 11 is 0. The topological polar surface area (TPSA) is 114 Å². The van der Waals surface area contributed by atoms with Crippen LogP contribution in [0.5, 0.6) is 5.75 Å². The molecular formula is C25H24N4O4S. The van der Waals surface area contributed by atoms with Crippen molar-refractivity contribution in [1.29, 1.82) is 5.26 Å². The second-order valence-corrected chi connectivity index (χ2v) is 10.4. The van der Waals surface area contributed by atoms with Crippen molar-refractivity contribution in [2.75, 3.05) is 18.6 Å². The van der Waals surface area contributed by atoms with Gasteiger partial charge in [0.05, 0.1) is 24.3 Å². The van der Waals surface area contributed by atoms with Crippen molar-refractivity contribution in [1.82, 2.24) is 15.1 Å². The average Bonchev–Trinajstić information content (AvgIpc) is 3.40. The van der Waals surface area contributed by atoms with Crippen molar-refractivity contribution >= 4 is 21.8 Å². The summed E-state index contributed by atoms with van der Waals surface area (Å²) < 4.78 is 30.4. The molecule has 1 fully saturated rings. The lowest BCUT2D eigenvalue weighted by Gasteiger charge is -2.10. The predicted molar refractivity (Wildman–Crippen MR) is 129 cm³/mol. The minimum Gasteiger partial charge on any atom is -0.497 e. The molecule has 2 heterocycles. The van der Waals surface area contributed by atoms with Gasteiger partial charge < -0.3 is 10.1 Å². The lowest BCUT2D eigenvalue weighted by molar-refractivity contribution is -0.117. The summed E-state index contributed by atoms with van der Waals surface area (Å²) in [5, 5.41) is 17.1. The Labute approximate surface area is 198 Å². The highest BCUT2D eigenvalue weighted by atomic mass is 32.2. The van der Waals surface area contributed by atoms with Gasteiger partial charge in [0.1, 0.15) is 23.1 Å². The number of sulfone groups is 1. The zero-order chi connectivity index (χ0) is 24.3. The van der Waals surface area contributed by atoms with Gasteiger partial charge in [0.2, 0.25) is 0 Å². The normalized spacial score (nSPS) is 17.2. The number of carbonyl (C=O) groups is 1. The fourth-order valence-electron chi connectivity index (χ4n) is 3.92. The molecule has 3 aromatic rings. The summed E-state index contributed by atoms with van der Waals surface area (Å²) in [4.78, 5) is 12.8. The van der Waals surface area contributed by atoms with Crippen LogP contribution in [0.3, 0.4) is 0 Å². The van der Waals surface area contributed by atoms with E-state index in [0.717, 1.165) is 16.8 Å². The van der Waals surface area contributed by atoms with Crippen LogP contribution in [-0.4, -0.2) is 48.8 Å². The lowest BCUT2D eigenvalue weighted by atomic mass is 10.0. The maximum absolute atomic E-state index is 12.8. The summed E-state index contributed by atoms with van der Waals surface area (Å²) in [6, 6.07) is 16.6. The number of para-hydroxylation sites is 1. The summed E-state index contributed by atoms with van der Waals surface area (Å²) in [7, 11) is -1.56. The first-order valence-electron chi connectivity index (χ1n) is 10.7. The van der Waals surface area contributed by atoms with Gasteiger partial charge in [-0.1, -0.05) is 18.2 Å². The first-order valence-corrected chi connectivity index (χ1v) is 12.5. The van der Waals surface area contributed by atoms with Crippen LogP contribution in [0.2, 0.25) is 0 Å². The SMILES string of the molecule is COc1ccc(-c2nn(-c3ccccc3)cc2/C=C(\C#N)C(=O)N[C@@H]2CCS(=O)(=O)C2)c(C)c1. The summed E-state index contributed by atoms with van der Waals surface area (Å²) in [6.45, 7) is 1.94. The molecule has 174 valence electrons. The molecule has 0 unspecified atom stereocenters. The number of hydrogen-bond donors (Lipinski definition) is 1. The zero-order valence-electron chi connectivity index (χ0n) is 18.9. The molecule has 2 aromatic carbocycles. The molecule has 1 N–H and O–H groups in total. The Morgan fingerprint density at radius 3 is 2.65 bits per heavy atom. The van der Waals surface area contributed by atoms with E-state index >= 15 is 0 Å². The fourth-order valence-corrected chi connectivity index (χ4v) is 5.59. The maximum Gasteiger partial charge on any atom is 0.262 e. The van der Waals surface area contributed by atoms with Crippen molar-refractivity contribution < 1.29 is 17.9 Å². The molecule has 1 atom stereocenters. The minimum atomic E-state index is -3.15. The van der Waals surface area contributed by atoms with Crippen molar-refractivity contribution in [2.45, 2.75) is 19.4 Å². The number of ether oxygens (including phenoxy) is 1. The molecule has 4 rings (SSSR count). The molecule has 1 aliphatic rings. The van der Waals surface area contributed by atoms with Gasteiger partial charge >= 0.3 is 0 Å². The third-order valence-electron chi connectivity index (χ3n) is 5.68. The molecule has 1 saturated heterocycles. The van der Waals surface area contributed by atoms with Gasteiger partial charge in [-0.25, -0.2) is 13.1 Å². The van der Waals surface area contributed by atoms with Crippen LogP contribution < -0.4 is 10.1 Å². The van der Waals surface area contributed by atoms with E-state index in [1.165, 1.54) is 6.08 Å². The van der Waals surface area contributed by atoms with Gasteiger partial charge in [-0.05, 0) is 55.3 Å². The van der Waals surface area contributed by atoms with Crippen molar-refractivity contribution in [3.05, 3.63) is 71.4 Å².